The molecule has 6 heteroatoms. The first-order valence-corrected chi connectivity index (χ1v) is 6.68. The van der Waals surface area contributed by atoms with Gasteiger partial charge in [0.1, 0.15) is 21.7 Å². The molecule has 2 aromatic heterocycles. The highest BCUT2D eigenvalue weighted by molar-refractivity contribution is 7.99. The molecule has 0 atom stereocenters. The molecule has 0 unspecified atom stereocenters. The molecule has 2 aromatic rings. The Morgan fingerprint density at radius 3 is 2.61 bits per heavy atom. The van der Waals surface area contributed by atoms with Gasteiger partial charge >= 0.3 is 0 Å². The molecule has 0 saturated carbocycles. The molecule has 94 valence electrons. The number of hydrogen-bond acceptors (Lipinski definition) is 5. The maximum atomic E-state index is 5.79. The number of nitrogens with zero attached hydrogens (tertiary/aromatic N) is 3. The van der Waals surface area contributed by atoms with E-state index in [0.717, 1.165) is 15.9 Å². The summed E-state index contributed by atoms with van der Waals surface area (Å²) < 4.78 is 0. The van der Waals surface area contributed by atoms with Crippen molar-refractivity contribution in [1.29, 1.82) is 0 Å². The number of aromatic nitrogens is 3. The SMILES string of the molecule is CC(C)c1nc(N)cc(Sc2ccc(Cl)cn2)n1. The third kappa shape index (κ3) is 3.34. The fourth-order valence-electron chi connectivity index (χ4n) is 1.30. The fraction of sp³-hybridized carbons (Fsp3) is 0.250. The standard InChI is InChI=1S/C12H13ClN4S/c1-7(2)12-16-9(14)5-11(17-12)18-10-4-3-8(13)6-15-10/h3-7H,1-2H3,(H2,14,16,17). The minimum absolute atomic E-state index is 0.242. The average Bonchev–Trinajstić information content (AvgIpc) is 2.31. The highest BCUT2D eigenvalue weighted by Gasteiger charge is 2.08. The first-order valence-electron chi connectivity index (χ1n) is 5.48. The van der Waals surface area contributed by atoms with Crippen molar-refractivity contribution in [1.82, 2.24) is 15.0 Å². The monoisotopic (exact) mass is 280 g/mol. The van der Waals surface area contributed by atoms with Crippen molar-refractivity contribution in [3.8, 4) is 0 Å². The topological polar surface area (TPSA) is 64.7 Å². The zero-order chi connectivity index (χ0) is 13.1. The zero-order valence-corrected chi connectivity index (χ0v) is 11.7. The van der Waals surface area contributed by atoms with Crippen LogP contribution in [-0.2, 0) is 0 Å². The number of nitrogen functional groups attached to an aromatic ring is 1. The second-order valence-electron chi connectivity index (χ2n) is 4.06. The van der Waals surface area contributed by atoms with E-state index < -0.39 is 0 Å². The summed E-state index contributed by atoms with van der Waals surface area (Å²) in [4.78, 5) is 12.9. The summed E-state index contributed by atoms with van der Waals surface area (Å²) in [5.41, 5.74) is 5.77. The summed E-state index contributed by atoms with van der Waals surface area (Å²) in [6, 6.07) is 5.39. The van der Waals surface area contributed by atoms with Crippen LogP contribution in [0.1, 0.15) is 25.6 Å². The van der Waals surface area contributed by atoms with Crippen LogP contribution >= 0.6 is 23.4 Å². The summed E-state index contributed by atoms with van der Waals surface area (Å²) in [6.45, 7) is 4.06. The van der Waals surface area contributed by atoms with Gasteiger partial charge in [-0.3, -0.25) is 0 Å². The molecule has 0 radical (unpaired) electrons. The zero-order valence-electron chi connectivity index (χ0n) is 10.1. The van der Waals surface area contributed by atoms with Crippen LogP contribution < -0.4 is 5.73 Å². The van der Waals surface area contributed by atoms with E-state index in [2.05, 4.69) is 15.0 Å². The number of anilines is 1. The third-order valence-corrected chi connectivity index (χ3v) is 3.26. The minimum Gasteiger partial charge on any atom is -0.384 e. The van der Waals surface area contributed by atoms with Gasteiger partial charge in [0.15, 0.2) is 0 Å². The molecule has 0 fully saturated rings. The minimum atomic E-state index is 0.242. The quantitative estimate of drug-likeness (QED) is 0.873. The van der Waals surface area contributed by atoms with Crippen molar-refractivity contribution in [3.05, 3.63) is 35.2 Å². The van der Waals surface area contributed by atoms with E-state index in [1.54, 1.807) is 18.3 Å². The second kappa shape index (κ2) is 5.54. The number of hydrogen-bond donors (Lipinski definition) is 1. The van der Waals surface area contributed by atoms with Gasteiger partial charge in [-0.25, -0.2) is 15.0 Å². The van der Waals surface area contributed by atoms with Crippen molar-refractivity contribution in [2.24, 2.45) is 0 Å². The number of halogens is 1. The first-order chi connectivity index (χ1) is 8.54. The van der Waals surface area contributed by atoms with Crippen molar-refractivity contribution >= 4 is 29.2 Å². The van der Waals surface area contributed by atoms with Gasteiger partial charge in [0.05, 0.1) is 5.02 Å². The Labute approximate surface area is 115 Å². The highest BCUT2D eigenvalue weighted by atomic mass is 35.5. The first kappa shape index (κ1) is 13.1. The van der Waals surface area contributed by atoms with Crippen LogP contribution in [0.5, 0.6) is 0 Å². The van der Waals surface area contributed by atoms with Crippen molar-refractivity contribution in [3.63, 3.8) is 0 Å². The molecule has 0 saturated heterocycles. The molecule has 0 aliphatic carbocycles. The van der Waals surface area contributed by atoms with E-state index >= 15 is 0 Å². The molecule has 0 aliphatic rings. The Morgan fingerprint density at radius 2 is 2.00 bits per heavy atom. The van der Waals surface area contributed by atoms with Gasteiger partial charge in [-0.05, 0) is 23.9 Å². The maximum absolute atomic E-state index is 5.79. The highest BCUT2D eigenvalue weighted by Crippen LogP contribution is 2.27. The lowest BCUT2D eigenvalue weighted by atomic mass is 10.2. The van der Waals surface area contributed by atoms with Crippen molar-refractivity contribution in [2.75, 3.05) is 5.73 Å². The summed E-state index contributed by atoms with van der Waals surface area (Å²) in [6.07, 6.45) is 1.61. The van der Waals surface area contributed by atoms with Crippen molar-refractivity contribution < 1.29 is 0 Å². The lowest BCUT2D eigenvalue weighted by Crippen LogP contribution is -2.02. The Bertz CT molecular complexity index is 542. The summed E-state index contributed by atoms with van der Waals surface area (Å²) in [5.74, 6) is 1.46. The Morgan fingerprint density at radius 1 is 1.22 bits per heavy atom. The van der Waals surface area contributed by atoms with E-state index in [0.29, 0.717) is 10.8 Å². The van der Waals surface area contributed by atoms with Crippen molar-refractivity contribution in [2.45, 2.75) is 29.8 Å². The van der Waals surface area contributed by atoms with Crippen LogP contribution in [0.4, 0.5) is 5.82 Å². The summed E-state index contributed by atoms with van der Waals surface area (Å²) in [5, 5.41) is 2.23. The molecule has 0 bridgehead atoms. The number of nitrogens with two attached hydrogens (primary N) is 1. The largest absolute Gasteiger partial charge is 0.384 e. The number of rotatable bonds is 3. The second-order valence-corrected chi connectivity index (χ2v) is 5.54. The molecule has 2 heterocycles. The fourth-order valence-corrected chi connectivity index (χ4v) is 2.19. The maximum Gasteiger partial charge on any atom is 0.134 e. The van der Waals surface area contributed by atoms with Gasteiger partial charge in [-0.1, -0.05) is 25.4 Å². The molecule has 0 amide bonds. The van der Waals surface area contributed by atoms with Gasteiger partial charge in [0.25, 0.3) is 0 Å². The van der Waals surface area contributed by atoms with Crippen LogP contribution in [0.3, 0.4) is 0 Å². The Balaban J connectivity index is 2.26. The van der Waals surface area contributed by atoms with Crippen LogP contribution in [0.15, 0.2) is 34.4 Å². The molecule has 18 heavy (non-hydrogen) atoms. The van der Waals surface area contributed by atoms with Gasteiger partial charge in [0, 0.05) is 18.2 Å². The van der Waals surface area contributed by atoms with Gasteiger partial charge in [0.2, 0.25) is 0 Å². The molecule has 4 nitrogen and oxygen atoms in total. The van der Waals surface area contributed by atoms with E-state index in [1.165, 1.54) is 11.8 Å². The average molecular weight is 281 g/mol. The normalized spacial score (nSPS) is 10.9. The lowest BCUT2D eigenvalue weighted by molar-refractivity contribution is 0.756. The van der Waals surface area contributed by atoms with Crippen LogP contribution in [-0.4, -0.2) is 15.0 Å². The van der Waals surface area contributed by atoms with Gasteiger partial charge < -0.3 is 5.73 Å². The van der Waals surface area contributed by atoms with Crippen LogP contribution in [0.25, 0.3) is 0 Å². The third-order valence-electron chi connectivity index (χ3n) is 2.17. The molecular weight excluding hydrogens is 268 g/mol. The molecule has 0 spiro atoms. The van der Waals surface area contributed by atoms with Crippen LogP contribution in [0, 0.1) is 0 Å². The lowest BCUT2D eigenvalue weighted by Gasteiger charge is -2.07. The predicted octanol–water partition coefficient (Wildman–Crippen LogP) is 3.38. The van der Waals surface area contributed by atoms with Crippen LogP contribution in [0.2, 0.25) is 5.02 Å². The summed E-state index contributed by atoms with van der Waals surface area (Å²) >= 11 is 7.23. The molecule has 2 N–H and O–H groups in total. The van der Waals surface area contributed by atoms with E-state index in [1.807, 2.05) is 19.9 Å². The van der Waals surface area contributed by atoms with Gasteiger partial charge in [-0.15, -0.1) is 0 Å². The smallest absolute Gasteiger partial charge is 0.134 e. The number of pyridine rings is 1. The van der Waals surface area contributed by atoms with E-state index in [-0.39, 0.29) is 5.92 Å². The summed E-state index contributed by atoms with van der Waals surface area (Å²) in [7, 11) is 0. The molecular formula is C12H13ClN4S. The van der Waals surface area contributed by atoms with E-state index in [9.17, 15) is 0 Å². The molecule has 0 aromatic carbocycles. The Hall–Kier alpha value is -1.33. The van der Waals surface area contributed by atoms with E-state index in [4.69, 9.17) is 17.3 Å². The van der Waals surface area contributed by atoms with Gasteiger partial charge in [-0.2, -0.15) is 0 Å². The Kier molecular flexibility index (Phi) is 4.04. The predicted molar refractivity (Wildman–Crippen MR) is 73.9 cm³/mol. The molecule has 0 aliphatic heterocycles. The molecule has 2 rings (SSSR count).